The third-order valence-corrected chi connectivity index (χ3v) is 3.88. The molecule has 0 aromatic carbocycles. The van der Waals surface area contributed by atoms with Crippen LogP contribution in [0.2, 0.25) is 0 Å². The van der Waals surface area contributed by atoms with Crippen LogP contribution in [0.3, 0.4) is 0 Å². The fraction of sp³-hybridized carbons (Fsp3) is 0.467. The van der Waals surface area contributed by atoms with Gasteiger partial charge < -0.3 is 14.6 Å². The minimum Gasteiger partial charge on any atom is -0.443 e. The normalized spacial score (nSPS) is 12.1. The monoisotopic (exact) mass is 445 g/mol. The summed E-state index contributed by atoms with van der Waals surface area (Å²) < 4.78 is 7.31. The van der Waals surface area contributed by atoms with Crippen molar-refractivity contribution in [2.75, 3.05) is 14.1 Å². The summed E-state index contributed by atoms with van der Waals surface area (Å²) in [5.74, 6) is -0.224. The number of rotatable bonds is 4. The standard InChI is InChI=1S/C15H20IN5O3/c1-15(2,3)13(23)24-8-21-12(22)11-10(9(16)6-17-11)19-14(21)18-7-20(4)5/h6-7,17H,8H2,1-5H3. The van der Waals surface area contributed by atoms with Gasteiger partial charge in [0.15, 0.2) is 6.73 Å². The van der Waals surface area contributed by atoms with Crippen LogP contribution in [0.1, 0.15) is 20.8 Å². The van der Waals surface area contributed by atoms with Crippen LogP contribution in [0.5, 0.6) is 0 Å². The van der Waals surface area contributed by atoms with E-state index in [4.69, 9.17) is 4.74 Å². The van der Waals surface area contributed by atoms with Crippen molar-refractivity contribution in [3.63, 3.8) is 0 Å². The number of fused-ring (bicyclic) bond motifs is 1. The first-order valence-corrected chi connectivity index (χ1v) is 8.34. The van der Waals surface area contributed by atoms with Gasteiger partial charge in [-0.2, -0.15) is 0 Å². The number of nitrogens with one attached hydrogen (secondary N) is 1. The van der Waals surface area contributed by atoms with Gasteiger partial charge in [0, 0.05) is 20.3 Å². The Hall–Kier alpha value is -1.91. The minimum absolute atomic E-state index is 0.181. The smallest absolute Gasteiger partial charge is 0.312 e. The Morgan fingerprint density at radius 3 is 2.75 bits per heavy atom. The van der Waals surface area contributed by atoms with Crippen LogP contribution in [0, 0.1) is 8.99 Å². The molecule has 8 nitrogen and oxygen atoms in total. The molecule has 0 spiro atoms. The number of carbonyl (C=O) groups is 1. The Balaban J connectivity index is 2.49. The number of carbonyl (C=O) groups excluding carboxylic acids is 1. The molecule has 0 aliphatic carbocycles. The average molecular weight is 445 g/mol. The van der Waals surface area contributed by atoms with Crippen molar-refractivity contribution in [3.05, 3.63) is 20.1 Å². The summed E-state index contributed by atoms with van der Waals surface area (Å²) >= 11 is 2.09. The molecule has 0 fully saturated rings. The van der Waals surface area contributed by atoms with Gasteiger partial charge in [0.1, 0.15) is 11.0 Å². The molecular formula is C15H20IN5O3. The first kappa shape index (κ1) is 18.4. The molecule has 1 N–H and O–H groups in total. The topological polar surface area (TPSA) is 92.6 Å². The van der Waals surface area contributed by atoms with E-state index in [0.29, 0.717) is 11.0 Å². The molecule has 0 bridgehead atoms. The SMILES string of the molecule is CN(C)C=Nc1nc2c(I)c[nH]c2c(=O)n1COC(=O)C(C)(C)C. The second-order valence-electron chi connectivity index (χ2n) is 6.52. The maximum absolute atomic E-state index is 12.7. The Bertz CT molecular complexity index is 845. The molecular weight excluding hydrogens is 425 g/mol. The molecule has 0 saturated heterocycles. The van der Waals surface area contributed by atoms with Gasteiger partial charge in [0.05, 0.1) is 15.3 Å². The molecule has 0 aliphatic rings. The lowest BCUT2D eigenvalue weighted by molar-refractivity contribution is -0.157. The number of halogens is 1. The van der Waals surface area contributed by atoms with Gasteiger partial charge in [-0.25, -0.2) is 14.5 Å². The third-order valence-electron chi connectivity index (χ3n) is 3.06. The predicted molar refractivity (Wildman–Crippen MR) is 100 cm³/mol. The Morgan fingerprint density at radius 2 is 2.17 bits per heavy atom. The number of H-pyrrole nitrogens is 1. The number of nitrogens with zero attached hydrogens (tertiary/aromatic N) is 4. The Kier molecular flexibility index (Phi) is 5.31. The lowest BCUT2D eigenvalue weighted by atomic mass is 9.98. The lowest BCUT2D eigenvalue weighted by Crippen LogP contribution is -2.28. The van der Waals surface area contributed by atoms with Gasteiger partial charge in [0.2, 0.25) is 5.95 Å². The molecule has 2 aromatic heterocycles. The van der Waals surface area contributed by atoms with E-state index in [1.807, 2.05) is 14.1 Å². The highest BCUT2D eigenvalue weighted by atomic mass is 127. The molecule has 9 heteroatoms. The highest BCUT2D eigenvalue weighted by molar-refractivity contribution is 14.1. The van der Waals surface area contributed by atoms with Crippen molar-refractivity contribution in [2.45, 2.75) is 27.5 Å². The third kappa shape index (κ3) is 3.94. The molecule has 0 radical (unpaired) electrons. The van der Waals surface area contributed by atoms with Crippen molar-refractivity contribution in [3.8, 4) is 0 Å². The lowest BCUT2D eigenvalue weighted by Gasteiger charge is -2.17. The highest BCUT2D eigenvalue weighted by Gasteiger charge is 2.24. The van der Waals surface area contributed by atoms with Crippen molar-refractivity contribution in [2.24, 2.45) is 10.4 Å². The fourth-order valence-electron chi connectivity index (χ4n) is 1.77. The zero-order chi connectivity index (χ0) is 18.1. The van der Waals surface area contributed by atoms with Crippen LogP contribution in [0.15, 0.2) is 16.0 Å². The zero-order valence-electron chi connectivity index (χ0n) is 14.3. The summed E-state index contributed by atoms with van der Waals surface area (Å²) in [6, 6.07) is 0. The summed E-state index contributed by atoms with van der Waals surface area (Å²) in [6.07, 6.45) is 3.24. The first-order chi connectivity index (χ1) is 11.1. The van der Waals surface area contributed by atoms with Gasteiger partial charge in [0.25, 0.3) is 5.56 Å². The second kappa shape index (κ2) is 6.91. The molecule has 0 amide bonds. The van der Waals surface area contributed by atoms with Crippen molar-refractivity contribution in [1.29, 1.82) is 0 Å². The zero-order valence-corrected chi connectivity index (χ0v) is 16.4. The Morgan fingerprint density at radius 1 is 1.50 bits per heavy atom. The summed E-state index contributed by atoms with van der Waals surface area (Å²) in [6.45, 7) is 5.00. The number of aliphatic imine (C=N–C) groups is 1. The maximum Gasteiger partial charge on any atom is 0.312 e. The number of aromatic nitrogens is 3. The van der Waals surface area contributed by atoms with Gasteiger partial charge in [-0.1, -0.05) is 0 Å². The molecule has 2 aromatic rings. The molecule has 2 rings (SSSR count). The predicted octanol–water partition coefficient (Wildman–Crippen LogP) is 2.10. The van der Waals surface area contributed by atoms with Crippen molar-refractivity contribution >= 4 is 51.9 Å². The number of hydrogen-bond acceptors (Lipinski definition) is 5. The van der Waals surface area contributed by atoms with Crippen molar-refractivity contribution < 1.29 is 9.53 Å². The van der Waals surface area contributed by atoms with E-state index in [0.717, 1.165) is 3.57 Å². The van der Waals surface area contributed by atoms with E-state index in [-0.39, 0.29) is 18.2 Å². The number of hydrogen-bond donors (Lipinski definition) is 1. The maximum atomic E-state index is 12.7. The van der Waals surface area contributed by atoms with Crippen LogP contribution >= 0.6 is 22.6 Å². The highest BCUT2D eigenvalue weighted by Crippen LogP contribution is 2.20. The number of aromatic amines is 1. The van der Waals surface area contributed by atoms with Crippen LogP contribution in [-0.2, 0) is 16.3 Å². The molecule has 0 unspecified atom stereocenters. The van der Waals surface area contributed by atoms with E-state index < -0.39 is 11.4 Å². The summed E-state index contributed by atoms with van der Waals surface area (Å²) in [4.78, 5) is 37.9. The summed E-state index contributed by atoms with van der Waals surface area (Å²) in [7, 11) is 3.62. The van der Waals surface area contributed by atoms with Gasteiger partial charge >= 0.3 is 5.97 Å². The van der Waals surface area contributed by atoms with Gasteiger partial charge in [-0.05, 0) is 43.4 Å². The van der Waals surface area contributed by atoms with Crippen LogP contribution in [-0.4, -0.2) is 45.8 Å². The van der Waals surface area contributed by atoms with Gasteiger partial charge in [-0.15, -0.1) is 0 Å². The quantitative estimate of drug-likeness (QED) is 0.337. The average Bonchev–Trinajstić information content (AvgIpc) is 2.84. The number of esters is 1. The van der Waals surface area contributed by atoms with E-state index in [9.17, 15) is 9.59 Å². The molecule has 24 heavy (non-hydrogen) atoms. The van der Waals surface area contributed by atoms with Crippen molar-refractivity contribution in [1.82, 2.24) is 19.4 Å². The summed E-state index contributed by atoms with van der Waals surface area (Å²) in [5, 5.41) is 0. The molecule has 2 heterocycles. The summed E-state index contributed by atoms with van der Waals surface area (Å²) in [5.41, 5.74) is -0.0915. The van der Waals surface area contributed by atoms with E-state index in [2.05, 4.69) is 37.6 Å². The fourth-order valence-corrected chi connectivity index (χ4v) is 2.32. The van der Waals surface area contributed by atoms with E-state index in [1.165, 1.54) is 10.9 Å². The van der Waals surface area contributed by atoms with E-state index in [1.54, 1.807) is 31.9 Å². The second-order valence-corrected chi connectivity index (χ2v) is 7.69. The first-order valence-electron chi connectivity index (χ1n) is 7.26. The molecule has 0 atom stereocenters. The van der Waals surface area contributed by atoms with E-state index >= 15 is 0 Å². The van der Waals surface area contributed by atoms with Crippen LogP contribution in [0.4, 0.5) is 5.95 Å². The molecule has 0 saturated carbocycles. The van der Waals surface area contributed by atoms with Crippen LogP contribution < -0.4 is 5.56 Å². The largest absolute Gasteiger partial charge is 0.443 e. The molecule has 130 valence electrons. The molecule has 0 aliphatic heterocycles. The number of ether oxygens (including phenoxy) is 1. The Labute approximate surface area is 153 Å². The van der Waals surface area contributed by atoms with Crippen LogP contribution in [0.25, 0.3) is 11.0 Å². The van der Waals surface area contributed by atoms with Gasteiger partial charge in [-0.3, -0.25) is 9.59 Å². The minimum atomic E-state index is -0.657.